The fourth-order valence-electron chi connectivity index (χ4n) is 1.34. The van der Waals surface area contributed by atoms with E-state index in [1.165, 1.54) is 12.3 Å². The van der Waals surface area contributed by atoms with Gasteiger partial charge in [-0.1, -0.05) is 0 Å². The Kier molecular flexibility index (Phi) is 3.12. The van der Waals surface area contributed by atoms with Crippen LogP contribution in [0, 0.1) is 0 Å². The number of rotatable bonds is 3. The summed E-state index contributed by atoms with van der Waals surface area (Å²) in [5, 5.41) is 12.1. The van der Waals surface area contributed by atoms with E-state index < -0.39 is 17.8 Å². The first-order valence-electron chi connectivity index (χ1n) is 4.79. The Hall–Kier alpha value is -1.83. The predicted molar refractivity (Wildman–Crippen MR) is 57.6 cm³/mol. The molecule has 4 nitrogen and oxygen atoms in total. The average Bonchev–Trinajstić information content (AvgIpc) is 2.85. The van der Waals surface area contributed by atoms with Crippen LogP contribution in [0.2, 0.25) is 0 Å². The Morgan fingerprint density at radius 3 is 2.61 bits per heavy atom. The van der Waals surface area contributed by atoms with E-state index in [-0.39, 0.29) is 11.4 Å². The molecule has 0 aliphatic carbocycles. The molecule has 8 heteroatoms. The maximum atomic E-state index is 12.3. The zero-order valence-electron chi connectivity index (χ0n) is 8.81. The summed E-state index contributed by atoms with van der Waals surface area (Å²) in [5.41, 5.74) is -0.961. The normalized spacial score (nSPS) is 11.7. The van der Waals surface area contributed by atoms with E-state index in [0.29, 0.717) is 4.88 Å². The molecular weight excluding hydrogens is 269 g/mol. The number of aromatic nitrogens is 2. The molecule has 0 bridgehead atoms. The van der Waals surface area contributed by atoms with E-state index in [0.717, 1.165) is 22.1 Å². The Morgan fingerprint density at radius 2 is 2.11 bits per heavy atom. The molecule has 96 valence electrons. The number of hydrogen-bond acceptors (Lipinski definition) is 3. The van der Waals surface area contributed by atoms with E-state index in [4.69, 9.17) is 5.11 Å². The lowest BCUT2D eigenvalue weighted by Crippen LogP contribution is -2.08. The fraction of sp³-hybridized carbons (Fsp3) is 0.200. The van der Waals surface area contributed by atoms with Crippen molar-refractivity contribution in [3.05, 3.63) is 39.8 Å². The number of carbonyl (C=O) groups is 1. The molecule has 2 heterocycles. The molecule has 0 atom stereocenters. The van der Waals surface area contributed by atoms with E-state index >= 15 is 0 Å². The van der Waals surface area contributed by atoms with Gasteiger partial charge < -0.3 is 5.11 Å². The van der Waals surface area contributed by atoms with Gasteiger partial charge in [-0.3, -0.25) is 4.68 Å². The Bertz CT molecular complexity index is 574. The monoisotopic (exact) mass is 276 g/mol. The minimum atomic E-state index is -4.47. The second kappa shape index (κ2) is 4.45. The third-order valence-corrected chi connectivity index (χ3v) is 3.18. The summed E-state index contributed by atoms with van der Waals surface area (Å²) in [7, 11) is 0. The molecule has 0 amide bonds. The molecule has 2 aromatic heterocycles. The standard InChI is InChI=1S/C10H7F3N2O2S/c11-10(12,13)8-3-4-15(14-8)5-6-1-2-7(18-6)9(16)17/h1-4H,5H2,(H,16,17). The second-order valence-corrected chi connectivity index (χ2v) is 4.64. The van der Waals surface area contributed by atoms with E-state index in [1.54, 1.807) is 6.07 Å². The van der Waals surface area contributed by atoms with Crippen LogP contribution >= 0.6 is 11.3 Å². The number of thiophene rings is 1. The maximum Gasteiger partial charge on any atom is 0.435 e. The molecular formula is C10H7F3N2O2S. The lowest BCUT2D eigenvalue weighted by atomic mass is 10.4. The quantitative estimate of drug-likeness (QED) is 0.937. The number of carboxylic acid groups (broad SMARTS) is 1. The van der Waals surface area contributed by atoms with E-state index in [1.807, 2.05) is 0 Å². The lowest BCUT2D eigenvalue weighted by Gasteiger charge is -2.01. The van der Waals surface area contributed by atoms with Gasteiger partial charge in [0, 0.05) is 11.1 Å². The molecule has 0 fully saturated rings. The van der Waals surface area contributed by atoms with Gasteiger partial charge in [-0.15, -0.1) is 11.3 Å². The summed E-state index contributed by atoms with van der Waals surface area (Å²) in [6.07, 6.45) is -3.25. The van der Waals surface area contributed by atoms with Gasteiger partial charge in [0.05, 0.1) is 6.54 Å². The van der Waals surface area contributed by atoms with Gasteiger partial charge in [0.1, 0.15) is 4.88 Å². The number of halogens is 3. The molecule has 0 radical (unpaired) electrons. The Labute approximate surface area is 103 Å². The molecule has 0 aromatic carbocycles. The second-order valence-electron chi connectivity index (χ2n) is 3.47. The van der Waals surface area contributed by atoms with Gasteiger partial charge in [0.15, 0.2) is 5.69 Å². The summed E-state index contributed by atoms with van der Waals surface area (Å²) in [5.74, 6) is -1.05. The van der Waals surface area contributed by atoms with Crippen molar-refractivity contribution >= 4 is 17.3 Å². The predicted octanol–water partition coefficient (Wildman–Crippen LogP) is 2.71. The van der Waals surface area contributed by atoms with Gasteiger partial charge in [0.25, 0.3) is 0 Å². The van der Waals surface area contributed by atoms with Crippen LogP contribution < -0.4 is 0 Å². The molecule has 0 aliphatic heterocycles. The van der Waals surface area contributed by atoms with Crippen molar-refractivity contribution in [3.8, 4) is 0 Å². The lowest BCUT2D eigenvalue weighted by molar-refractivity contribution is -0.141. The van der Waals surface area contributed by atoms with Crippen LogP contribution in [0.25, 0.3) is 0 Å². The highest BCUT2D eigenvalue weighted by Gasteiger charge is 2.33. The Morgan fingerprint density at radius 1 is 1.39 bits per heavy atom. The van der Waals surface area contributed by atoms with Gasteiger partial charge in [-0.2, -0.15) is 18.3 Å². The van der Waals surface area contributed by atoms with Crippen LogP contribution in [0.15, 0.2) is 24.4 Å². The highest BCUT2D eigenvalue weighted by atomic mass is 32.1. The molecule has 0 spiro atoms. The fourth-order valence-corrected chi connectivity index (χ4v) is 2.18. The van der Waals surface area contributed by atoms with Gasteiger partial charge in [0.2, 0.25) is 0 Å². The van der Waals surface area contributed by atoms with Crippen molar-refractivity contribution in [3.63, 3.8) is 0 Å². The van der Waals surface area contributed by atoms with Crippen LogP contribution in [0.4, 0.5) is 13.2 Å². The smallest absolute Gasteiger partial charge is 0.435 e. The molecule has 0 unspecified atom stereocenters. The molecule has 2 aromatic rings. The molecule has 0 aliphatic rings. The molecule has 0 saturated heterocycles. The Balaban J connectivity index is 2.14. The molecule has 0 saturated carbocycles. The highest BCUT2D eigenvalue weighted by Crippen LogP contribution is 2.27. The maximum absolute atomic E-state index is 12.3. The SMILES string of the molecule is O=C(O)c1ccc(Cn2ccc(C(F)(F)F)n2)s1. The summed E-state index contributed by atoms with van der Waals surface area (Å²) >= 11 is 1.01. The van der Waals surface area contributed by atoms with Crippen molar-refractivity contribution in [2.24, 2.45) is 0 Å². The van der Waals surface area contributed by atoms with Crippen LogP contribution in [0.1, 0.15) is 20.2 Å². The van der Waals surface area contributed by atoms with Crippen molar-refractivity contribution in [1.82, 2.24) is 9.78 Å². The van der Waals surface area contributed by atoms with E-state index in [9.17, 15) is 18.0 Å². The highest BCUT2D eigenvalue weighted by molar-refractivity contribution is 7.13. The summed E-state index contributed by atoms with van der Waals surface area (Å²) < 4.78 is 38.0. The van der Waals surface area contributed by atoms with Gasteiger partial charge in [-0.25, -0.2) is 4.79 Å². The minimum Gasteiger partial charge on any atom is -0.477 e. The number of nitrogens with zero attached hydrogens (tertiary/aromatic N) is 2. The largest absolute Gasteiger partial charge is 0.477 e. The number of alkyl halides is 3. The number of carboxylic acids is 1. The topological polar surface area (TPSA) is 55.1 Å². The molecule has 18 heavy (non-hydrogen) atoms. The van der Waals surface area contributed by atoms with Crippen LogP contribution in [-0.2, 0) is 12.7 Å². The van der Waals surface area contributed by atoms with E-state index in [2.05, 4.69) is 5.10 Å². The van der Waals surface area contributed by atoms with Crippen LogP contribution in [0.5, 0.6) is 0 Å². The minimum absolute atomic E-state index is 0.119. The first kappa shape index (κ1) is 12.6. The van der Waals surface area contributed by atoms with Crippen molar-refractivity contribution in [2.75, 3.05) is 0 Å². The number of aromatic carboxylic acids is 1. The third-order valence-electron chi connectivity index (χ3n) is 2.12. The summed E-state index contributed by atoms with van der Waals surface area (Å²) in [4.78, 5) is 11.4. The summed E-state index contributed by atoms with van der Waals surface area (Å²) in [6.45, 7) is 0.119. The van der Waals surface area contributed by atoms with Crippen molar-refractivity contribution < 1.29 is 23.1 Å². The molecule has 1 N–H and O–H groups in total. The number of hydrogen-bond donors (Lipinski definition) is 1. The van der Waals surface area contributed by atoms with Gasteiger partial charge >= 0.3 is 12.1 Å². The zero-order chi connectivity index (χ0) is 13.3. The van der Waals surface area contributed by atoms with Crippen molar-refractivity contribution in [1.29, 1.82) is 0 Å². The average molecular weight is 276 g/mol. The van der Waals surface area contributed by atoms with Crippen LogP contribution in [0.3, 0.4) is 0 Å². The first-order chi connectivity index (χ1) is 8.36. The van der Waals surface area contributed by atoms with Gasteiger partial charge in [-0.05, 0) is 18.2 Å². The summed E-state index contributed by atoms with van der Waals surface area (Å²) in [6, 6.07) is 3.85. The zero-order valence-corrected chi connectivity index (χ0v) is 9.63. The first-order valence-corrected chi connectivity index (χ1v) is 5.60. The third kappa shape index (κ3) is 2.70. The molecule has 2 rings (SSSR count). The van der Waals surface area contributed by atoms with Crippen molar-refractivity contribution in [2.45, 2.75) is 12.7 Å². The van der Waals surface area contributed by atoms with Crippen LogP contribution in [-0.4, -0.2) is 20.9 Å².